The van der Waals surface area contributed by atoms with Gasteiger partial charge in [-0.15, -0.1) is 0 Å². The van der Waals surface area contributed by atoms with Crippen LogP contribution in [0.5, 0.6) is 0 Å². The third kappa shape index (κ3) is 1.96. The van der Waals surface area contributed by atoms with E-state index in [2.05, 4.69) is 22.6 Å². The molecule has 0 bridgehead atoms. The quantitative estimate of drug-likeness (QED) is 0.875. The molecule has 3 rings (SSSR count). The molecule has 0 aliphatic carbocycles. The first-order valence-electron chi connectivity index (χ1n) is 6.97. The molecule has 0 atom stereocenters. The van der Waals surface area contributed by atoms with E-state index in [1.54, 1.807) is 10.9 Å². The fourth-order valence-electron chi connectivity index (χ4n) is 2.99. The molecular weight excluding hydrogens is 274 g/mol. The van der Waals surface area contributed by atoms with Crippen LogP contribution in [0.4, 0.5) is 0 Å². The second-order valence-electron chi connectivity index (χ2n) is 5.45. The van der Waals surface area contributed by atoms with Gasteiger partial charge in [0, 0.05) is 23.8 Å². The van der Waals surface area contributed by atoms with Crippen LogP contribution in [0.25, 0.3) is 10.9 Å². The van der Waals surface area contributed by atoms with Crippen molar-refractivity contribution in [2.45, 2.75) is 19.8 Å². The van der Waals surface area contributed by atoms with Crippen LogP contribution in [-0.4, -0.2) is 9.78 Å². The van der Waals surface area contributed by atoms with E-state index in [0.29, 0.717) is 11.1 Å². The molecule has 22 heavy (non-hydrogen) atoms. The van der Waals surface area contributed by atoms with Crippen molar-refractivity contribution in [1.29, 1.82) is 10.5 Å². The average Bonchev–Trinajstić information content (AvgIpc) is 2.87. The van der Waals surface area contributed by atoms with Crippen molar-refractivity contribution in [3.8, 4) is 12.1 Å². The Hall–Kier alpha value is -3.05. The summed E-state index contributed by atoms with van der Waals surface area (Å²) in [5, 5.41) is 27.4. The maximum Gasteiger partial charge on any atom is 0.0975 e. The largest absolute Gasteiger partial charge is 0.361 e. The van der Waals surface area contributed by atoms with Gasteiger partial charge in [0.2, 0.25) is 0 Å². The number of benzene rings is 1. The molecule has 1 aromatic heterocycles. The van der Waals surface area contributed by atoms with Crippen LogP contribution in [0, 0.1) is 22.7 Å². The van der Waals surface area contributed by atoms with Gasteiger partial charge < -0.3 is 5.32 Å². The van der Waals surface area contributed by atoms with Gasteiger partial charge in [0.05, 0.1) is 40.9 Å². The Balaban J connectivity index is 2.22. The minimum absolute atomic E-state index is 0.319. The SMILES string of the molecule is CC1=C(C#N)C(c2ccc3c(cnn3C)c2)C(C#N)=C(C)N1. The molecule has 5 nitrogen and oxygen atoms in total. The van der Waals surface area contributed by atoms with E-state index in [1.165, 1.54) is 0 Å². The van der Waals surface area contributed by atoms with Crippen molar-refractivity contribution in [3.63, 3.8) is 0 Å². The lowest BCUT2D eigenvalue weighted by molar-refractivity contribution is 0.796. The predicted octanol–water partition coefficient (Wildman–Crippen LogP) is 2.86. The molecule has 0 spiro atoms. The molecular formula is C17H15N5. The molecule has 1 aromatic carbocycles. The van der Waals surface area contributed by atoms with E-state index >= 15 is 0 Å². The lowest BCUT2D eigenvalue weighted by Gasteiger charge is -2.26. The standard InChI is InChI=1S/C17H15N5/c1-10-14(7-18)17(15(8-19)11(2)21-10)12-4-5-16-13(6-12)9-20-22(16)3/h4-6,9,17,21H,1-3H3. The highest BCUT2D eigenvalue weighted by Gasteiger charge is 2.29. The van der Waals surface area contributed by atoms with Gasteiger partial charge in [-0.1, -0.05) is 6.07 Å². The Morgan fingerprint density at radius 3 is 2.36 bits per heavy atom. The zero-order valence-electron chi connectivity index (χ0n) is 12.7. The van der Waals surface area contributed by atoms with Crippen LogP contribution in [-0.2, 0) is 7.05 Å². The van der Waals surface area contributed by atoms with Gasteiger partial charge in [-0.2, -0.15) is 15.6 Å². The van der Waals surface area contributed by atoms with Crippen LogP contribution in [0.3, 0.4) is 0 Å². The zero-order valence-corrected chi connectivity index (χ0v) is 12.7. The summed E-state index contributed by atoms with van der Waals surface area (Å²) in [6.45, 7) is 3.73. The van der Waals surface area contributed by atoms with E-state index in [-0.39, 0.29) is 5.92 Å². The smallest absolute Gasteiger partial charge is 0.0975 e. The minimum atomic E-state index is -0.319. The molecule has 0 amide bonds. The molecule has 108 valence electrons. The number of allylic oxidation sites excluding steroid dienone is 4. The summed E-state index contributed by atoms with van der Waals surface area (Å²) < 4.78 is 1.81. The number of dihydropyridines is 1. The van der Waals surface area contributed by atoms with Crippen molar-refractivity contribution in [1.82, 2.24) is 15.1 Å². The zero-order chi connectivity index (χ0) is 15.9. The van der Waals surface area contributed by atoms with Crippen LogP contribution in [0.2, 0.25) is 0 Å². The summed E-state index contributed by atoms with van der Waals surface area (Å²) >= 11 is 0. The van der Waals surface area contributed by atoms with Crippen molar-refractivity contribution in [3.05, 3.63) is 52.5 Å². The number of rotatable bonds is 1. The number of nitrogens with one attached hydrogen (secondary N) is 1. The summed E-state index contributed by atoms with van der Waals surface area (Å²) in [4.78, 5) is 0. The topological polar surface area (TPSA) is 77.4 Å². The van der Waals surface area contributed by atoms with Gasteiger partial charge in [0.25, 0.3) is 0 Å². The van der Waals surface area contributed by atoms with Crippen LogP contribution in [0.1, 0.15) is 25.3 Å². The number of aryl methyl sites for hydroxylation is 1. The highest BCUT2D eigenvalue weighted by Crippen LogP contribution is 2.38. The van der Waals surface area contributed by atoms with E-state index in [4.69, 9.17) is 0 Å². The molecule has 0 saturated carbocycles. The summed E-state index contributed by atoms with van der Waals surface area (Å²) in [7, 11) is 1.89. The van der Waals surface area contributed by atoms with Gasteiger partial charge in [0.15, 0.2) is 0 Å². The minimum Gasteiger partial charge on any atom is -0.361 e. The Bertz CT molecular complexity index is 879. The Morgan fingerprint density at radius 2 is 1.77 bits per heavy atom. The third-order valence-electron chi connectivity index (χ3n) is 4.10. The van der Waals surface area contributed by atoms with Gasteiger partial charge in [-0.3, -0.25) is 4.68 Å². The second kappa shape index (κ2) is 5.05. The number of aromatic nitrogens is 2. The number of fused-ring (bicyclic) bond motifs is 1. The summed E-state index contributed by atoms with van der Waals surface area (Å²) in [6, 6.07) is 10.5. The van der Waals surface area contributed by atoms with Gasteiger partial charge >= 0.3 is 0 Å². The monoisotopic (exact) mass is 289 g/mol. The lowest BCUT2D eigenvalue weighted by atomic mass is 9.81. The van der Waals surface area contributed by atoms with E-state index in [9.17, 15) is 10.5 Å². The molecule has 5 heteroatoms. The summed E-state index contributed by atoms with van der Waals surface area (Å²) in [5.41, 5.74) is 4.74. The Kier molecular flexibility index (Phi) is 3.19. The molecule has 0 radical (unpaired) electrons. The lowest BCUT2D eigenvalue weighted by Crippen LogP contribution is -2.23. The van der Waals surface area contributed by atoms with E-state index in [1.807, 2.05) is 39.1 Å². The third-order valence-corrected chi connectivity index (χ3v) is 4.10. The maximum atomic E-state index is 9.51. The van der Waals surface area contributed by atoms with Crippen molar-refractivity contribution in [2.24, 2.45) is 7.05 Å². The Labute approximate surface area is 128 Å². The maximum absolute atomic E-state index is 9.51. The number of nitriles is 2. The predicted molar refractivity (Wildman–Crippen MR) is 83.2 cm³/mol. The fraction of sp³-hybridized carbons (Fsp3) is 0.235. The molecule has 0 saturated heterocycles. The van der Waals surface area contributed by atoms with Gasteiger partial charge in [-0.05, 0) is 31.5 Å². The molecule has 1 aliphatic rings. The van der Waals surface area contributed by atoms with E-state index < -0.39 is 0 Å². The average molecular weight is 289 g/mol. The molecule has 2 heterocycles. The van der Waals surface area contributed by atoms with Gasteiger partial charge in [0.1, 0.15) is 0 Å². The first-order valence-corrected chi connectivity index (χ1v) is 6.97. The number of hydrogen-bond acceptors (Lipinski definition) is 4. The normalized spacial score (nSPS) is 15.7. The molecule has 0 unspecified atom stereocenters. The van der Waals surface area contributed by atoms with Gasteiger partial charge in [-0.25, -0.2) is 0 Å². The highest BCUT2D eigenvalue weighted by atomic mass is 15.2. The fourth-order valence-corrected chi connectivity index (χ4v) is 2.99. The van der Waals surface area contributed by atoms with Crippen LogP contribution in [0.15, 0.2) is 46.9 Å². The number of nitrogens with zero attached hydrogens (tertiary/aromatic N) is 4. The van der Waals surface area contributed by atoms with Crippen molar-refractivity contribution in [2.75, 3.05) is 0 Å². The first kappa shape index (κ1) is 13.9. The Morgan fingerprint density at radius 1 is 1.14 bits per heavy atom. The summed E-state index contributed by atoms with van der Waals surface area (Å²) in [5.74, 6) is -0.319. The molecule has 0 fully saturated rings. The van der Waals surface area contributed by atoms with Crippen LogP contribution >= 0.6 is 0 Å². The molecule has 1 N–H and O–H groups in total. The van der Waals surface area contributed by atoms with Crippen molar-refractivity contribution < 1.29 is 0 Å². The number of hydrogen-bond donors (Lipinski definition) is 1. The first-order chi connectivity index (χ1) is 10.6. The van der Waals surface area contributed by atoms with Crippen LogP contribution < -0.4 is 5.32 Å². The summed E-state index contributed by atoms with van der Waals surface area (Å²) in [6.07, 6.45) is 1.80. The molecule has 1 aliphatic heterocycles. The van der Waals surface area contributed by atoms with Crippen molar-refractivity contribution >= 4 is 10.9 Å². The highest BCUT2D eigenvalue weighted by molar-refractivity contribution is 5.80. The second-order valence-corrected chi connectivity index (χ2v) is 5.45. The molecule has 2 aromatic rings. The van der Waals surface area contributed by atoms with E-state index in [0.717, 1.165) is 27.9 Å².